The number of piperidine rings is 1. The molecule has 1 fully saturated rings. The van der Waals surface area contributed by atoms with Crippen LogP contribution in [0.1, 0.15) is 17.9 Å². The van der Waals surface area contributed by atoms with Gasteiger partial charge < -0.3 is 15.0 Å². The number of hydrogen-bond donors (Lipinski definition) is 1. The number of nitrogens with one attached hydrogen (secondary N) is 1. The van der Waals surface area contributed by atoms with Crippen molar-refractivity contribution >= 4 is 29.1 Å². The van der Waals surface area contributed by atoms with Gasteiger partial charge in [-0.3, -0.25) is 9.59 Å². The van der Waals surface area contributed by atoms with Crippen LogP contribution in [-0.4, -0.2) is 36.4 Å². The second-order valence-electron chi connectivity index (χ2n) is 7.94. The summed E-state index contributed by atoms with van der Waals surface area (Å²) in [7, 11) is 0. The number of halogens is 1. The maximum absolute atomic E-state index is 13.1. The van der Waals surface area contributed by atoms with Gasteiger partial charge in [0.2, 0.25) is 5.91 Å². The Morgan fingerprint density at radius 3 is 2.25 bits per heavy atom. The zero-order chi connectivity index (χ0) is 22.3. The lowest BCUT2D eigenvalue weighted by Gasteiger charge is -2.37. The number of carbonyl (C=O) groups excluding carboxylic acids is 2. The van der Waals surface area contributed by atoms with Crippen LogP contribution in [0.15, 0.2) is 84.9 Å². The van der Waals surface area contributed by atoms with E-state index in [0.717, 1.165) is 5.56 Å². The van der Waals surface area contributed by atoms with Crippen molar-refractivity contribution in [2.45, 2.75) is 12.3 Å². The third-order valence-electron chi connectivity index (χ3n) is 5.66. The number of nitrogens with zero attached hydrogens (tertiary/aromatic N) is 1. The standard InChI is InChI=1S/C26H25ClN2O3/c27-22-11-13-23(14-12-22)28-26(31)21-15-20(19-7-3-1-4-8-19)16-29(17-21)25(30)18-32-24-9-5-2-6-10-24/h1-14,20-21H,15-18H2,(H,28,31). The normalized spacial score (nSPS) is 18.1. The minimum Gasteiger partial charge on any atom is -0.484 e. The summed E-state index contributed by atoms with van der Waals surface area (Å²) in [5.41, 5.74) is 1.81. The lowest BCUT2D eigenvalue weighted by atomic mass is 9.84. The van der Waals surface area contributed by atoms with Gasteiger partial charge in [-0.1, -0.05) is 60.1 Å². The average Bonchev–Trinajstić information content (AvgIpc) is 2.85. The first kappa shape index (κ1) is 21.9. The van der Waals surface area contributed by atoms with Crippen LogP contribution >= 0.6 is 11.6 Å². The number of ether oxygens (including phenoxy) is 1. The van der Waals surface area contributed by atoms with Crippen molar-refractivity contribution < 1.29 is 14.3 Å². The first-order valence-electron chi connectivity index (χ1n) is 10.7. The maximum Gasteiger partial charge on any atom is 0.260 e. The summed E-state index contributed by atoms with van der Waals surface area (Å²) in [6, 6.07) is 26.3. The highest BCUT2D eigenvalue weighted by Crippen LogP contribution is 2.31. The smallest absolute Gasteiger partial charge is 0.260 e. The maximum atomic E-state index is 13.1. The van der Waals surface area contributed by atoms with Gasteiger partial charge in [0.15, 0.2) is 6.61 Å². The monoisotopic (exact) mass is 448 g/mol. The molecule has 0 saturated carbocycles. The van der Waals surface area contributed by atoms with Crippen LogP contribution in [0.2, 0.25) is 5.02 Å². The molecular formula is C26H25ClN2O3. The molecule has 32 heavy (non-hydrogen) atoms. The van der Waals surface area contributed by atoms with Gasteiger partial charge in [0.1, 0.15) is 5.75 Å². The van der Waals surface area contributed by atoms with Gasteiger partial charge in [-0.25, -0.2) is 0 Å². The Labute approximate surface area is 193 Å². The molecule has 3 aromatic carbocycles. The highest BCUT2D eigenvalue weighted by atomic mass is 35.5. The Bertz CT molecular complexity index is 1040. The number of likely N-dealkylation sites (tertiary alicyclic amines) is 1. The molecule has 3 aromatic rings. The molecule has 2 atom stereocenters. The molecule has 0 bridgehead atoms. The molecule has 0 aromatic heterocycles. The number of benzene rings is 3. The predicted octanol–water partition coefficient (Wildman–Crippen LogP) is 4.99. The van der Waals surface area contributed by atoms with Gasteiger partial charge >= 0.3 is 0 Å². The van der Waals surface area contributed by atoms with E-state index in [1.807, 2.05) is 60.7 Å². The lowest BCUT2D eigenvalue weighted by Crippen LogP contribution is -2.48. The molecule has 0 spiro atoms. The second-order valence-corrected chi connectivity index (χ2v) is 8.37. The Hall–Kier alpha value is -3.31. The molecular weight excluding hydrogens is 424 g/mol. The summed E-state index contributed by atoms with van der Waals surface area (Å²) in [6.07, 6.45) is 0.673. The van der Waals surface area contributed by atoms with Gasteiger partial charge in [-0.05, 0) is 48.4 Å². The number of para-hydroxylation sites is 1. The minimum atomic E-state index is -0.328. The molecule has 2 unspecified atom stereocenters. The quantitative estimate of drug-likeness (QED) is 0.578. The molecule has 5 nitrogen and oxygen atoms in total. The summed E-state index contributed by atoms with van der Waals surface area (Å²) in [5.74, 6) is 0.167. The fraction of sp³-hybridized carbons (Fsp3) is 0.231. The molecule has 1 saturated heterocycles. The number of amides is 2. The summed E-state index contributed by atoms with van der Waals surface area (Å²) in [4.78, 5) is 27.8. The van der Waals surface area contributed by atoms with Gasteiger partial charge in [-0.2, -0.15) is 0 Å². The SMILES string of the molecule is O=C(Nc1ccc(Cl)cc1)C1CC(c2ccccc2)CN(C(=O)COc2ccccc2)C1. The van der Waals surface area contributed by atoms with Crippen molar-refractivity contribution in [1.29, 1.82) is 0 Å². The molecule has 2 amide bonds. The van der Waals surface area contributed by atoms with Gasteiger partial charge in [0.05, 0.1) is 5.92 Å². The molecule has 164 valence electrons. The number of carbonyl (C=O) groups is 2. The number of rotatable bonds is 6. The first-order chi connectivity index (χ1) is 15.6. The van der Waals surface area contributed by atoms with E-state index in [4.69, 9.17) is 16.3 Å². The molecule has 1 aliphatic heterocycles. The lowest BCUT2D eigenvalue weighted by molar-refractivity contribution is -0.137. The van der Waals surface area contributed by atoms with Crippen LogP contribution in [0, 0.1) is 5.92 Å². The summed E-state index contributed by atoms with van der Waals surface area (Å²) < 4.78 is 5.66. The van der Waals surface area contributed by atoms with Crippen molar-refractivity contribution in [3.05, 3.63) is 95.5 Å². The van der Waals surface area contributed by atoms with Crippen LogP contribution in [0.3, 0.4) is 0 Å². The Morgan fingerprint density at radius 2 is 1.56 bits per heavy atom. The van der Waals surface area contributed by atoms with E-state index in [-0.39, 0.29) is 30.3 Å². The van der Waals surface area contributed by atoms with E-state index < -0.39 is 0 Å². The van der Waals surface area contributed by atoms with Gasteiger partial charge in [0.25, 0.3) is 5.91 Å². The zero-order valence-electron chi connectivity index (χ0n) is 17.6. The molecule has 0 radical (unpaired) electrons. The predicted molar refractivity (Wildman–Crippen MR) is 126 cm³/mol. The summed E-state index contributed by atoms with van der Waals surface area (Å²) in [6.45, 7) is 0.864. The third-order valence-corrected chi connectivity index (χ3v) is 5.91. The Kier molecular flexibility index (Phi) is 7.07. The summed E-state index contributed by atoms with van der Waals surface area (Å²) in [5, 5.41) is 3.57. The van der Waals surface area contributed by atoms with Crippen molar-refractivity contribution in [2.75, 3.05) is 25.0 Å². The fourth-order valence-corrected chi connectivity index (χ4v) is 4.12. The van der Waals surface area contributed by atoms with Crippen molar-refractivity contribution in [3.8, 4) is 5.75 Å². The first-order valence-corrected chi connectivity index (χ1v) is 11.0. The summed E-state index contributed by atoms with van der Waals surface area (Å²) >= 11 is 5.94. The van der Waals surface area contributed by atoms with Crippen LogP contribution in [-0.2, 0) is 9.59 Å². The van der Waals surface area contributed by atoms with Crippen LogP contribution in [0.5, 0.6) is 5.75 Å². The van der Waals surface area contributed by atoms with E-state index in [2.05, 4.69) is 5.32 Å². The van der Waals surface area contributed by atoms with Crippen molar-refractivity contribution in [2.24, 2.45) is 5.92 Å². The molecule has 1 N–H and O–H groups in total. The van der Waals surface area contributed by atoms with Crippen LogP contribution < -0.4 is 10.1 Å². The van der Waals surface area contributed by atoms with Crippen molar-refractivity contribution in [1.82, 2.24) is 4.90 Å². The second kappa shape index (κ2) is 10.3. The van der Waals surface area contributed by atoms with E-state index in [9.17, 15) is 9.59 Å². The largest absolute Gasteiger partial charge is 0.484 e. The highest BCUT2D eigenvalue weighted by molar-refractivity contribution is 6.30. The van der Waals surface area contributed by atoms with E-state index in [1.165, 1.54) is 0 Å². The Balaban J connectivity index is 1.47. The Morgan fingerprint density at radius 1 is 0.906 bits per heavy atom. The van der Waals surface area contributed by atoms with Crippen molar-refractivity contribution in [3.63, 3.8) is 0 Å². The van der Waals surface area contributed by atoms with Crippen LogP contribution in [0.25, 0.3) is 0 Å². The van der Waals surface area contributed by atoms with Gasteiger partial charge in [-0.15, -0.1) is 0 Å². The van der Waals surface area contributed by atoms with E-state index >= 15 is 0 Å². The molecule has 1 aliphatic rings. The molecule has 0 aliphatic carbocycles. The van der Waals surface area contributed by atoms with Crippen LogP contribution in [0.4, 0.5) is 5.69 Å². The number of anilines is 1. The minimum absolute atomic E-state index is 0.0585. The topological polar surface area (TPSA) is 58.6 Å². The third kappa shape index (κ3) is 5.68. The molecule has 4 rings (SSSR count). The number of hydrogen-bond acceptors (Lipinski definition) is 3. The molecule has 6 heteroatoms. The van der Waals surface area contributed by atoms with E-state index in [0.29, 0.717) is 36.0 Å². The molecule has 1 heterocycles. The fourth-order valence-electron chi connectivity index (χ4n) is 3.99. The van der Waals surface area contributed by atoms with E-state index in [1.54, 1.807) is 29.2 Å². The van der Waals surface area contributed by atoms with Gasteiger partial charge in [0, 0.05) is 29.7 Å². The zero-order valence-corrected chi connectivity index (χ0v) is 18.4. The highest BCUT2D eigenvalue weighted by Gasteiger charge is 2.34. The average molecular weight is 449 g/mol.